The molecule has 34 heavy (non-hydrogen) atoms. The Labute approximate surface area is 202 Å². The van der Waals surface area contributed by atoms with Gasteiger partial charge in [0.2, 0.25) is 11.8 Å². The monoisotopic (exact) mass is 476 g/mol. The van der Waals surface area contributed by atoms with Crippen LogP contribution in [0, 0.1) is 19.8 Å². The van der Waals surface area contributed by atoms with Gasteiger partial charge >= 0.3 is 0 Å². The molecule has 7 nitrogen and oxygen atoms in total. The van der Waals surface area contributed by atoms with Crippen molar-refractivity contribution < 1.29 is 14.1 Å². The molecular formula is C26H28N4O3S. The molecule has 0 aliphatic carbocycles. The molecule has 0 saturated carbocycles. The Hall–Kier alpha value is -3.26. The molecule has 5 rings (SSSR count). The van der Waals surface area contributed by atoms with Crippen LogP contribution in [0.2, 0.25) is 0 Å². The van der Waals surface area contributed by atoms with Crippen LogP contribution >= 0.6 is 11.3 Å². The first-order valence-electron chi connectivity index (χ1n) is 11.6. The number of rotatable bonds is 5. The highest BCUT2D eigenvalue weighted by atomic mass is 32.1. The average molecular weight is 477 g/mol. The van der Waals surface area contributed by atoms with Gasteiger partial charge in [-0.3, -0.25) is 9.59 Å². The second kappa shape index (κ2) is 8.83. The highest BCUT2D eigenvalue weighted by Gasteiger charge is 2.48. The predicted molar refractivity (Wildman–Crippen MR) is 130 cm³/mol. The third kappa shape index (κ3) is 3.86. The van der Waals surface area contributed by atoms with Gasteiger partial charge in [0.05, 0.1) is 21.8 Å². The van der Waals surface area contributed by atoms with E-state index in [4.69, 9.17) is 4.52 Å². The number of amides is 2. The molecule has 1 N–H and O–H groups in total. The number of carbonyl (C=O) groups is 2. The second-order valence-electron chi connectivity index (χ2n) is 9.21. The van der Waals surface area contributed by atoms with E-state index in [1.54, 1.807) is 16.2 Å². The Morgan fingerprint density at radius 1 is 1.24 bits per heavy atom. The standard InChI is InChI=1S/C26H28N4O3S/c1-14-11-22(33-29-14)23-16(3)15(2)20-9-10-21(30(20)26(23)32)25(31)27-12-18-5-7-19(8-6-18)24-17(4)28-13-34-24/h5-8,11,13,16,21,23H,9-10,12H2,1-4H3,(H,27,31). The summed E-state index contributed by atoms with van der Waals surface area (Å²) in [6.45, 7) is 8.37. The number of hydrogen-bond donors (Lipinski definition) is 1. The van der Waals surface area contributed by atoms with Gasteiger partial charge in [-0.25, -0.2) is 4.98 Å². The third-order valence-corrected chi connectivity index (χ3v) is 8.06. The third-order valence-electron chi connectivity index (χ3n) is 7.08. The number of allylic oxidation sites excluding steroid dienone is 2. The highest BCUT2D eigenvalue weighted by molar-refractivity contribution is 7.13. The number of nitrogens with one attached hydrogen (secondary N) is 1. The summed E-state index contributed by atoms with van der Waals surface area (Å²) in [5.41, 5.74) is 7.87. The largest absolute Gasteiger partial charge is 0.360 e. The van der Waals surface area contributed by atoms with Crippen molar-refractivity contribution in [2.24, 2.45) is 5.92 Å². The van der Waals surface area contributed by atoms with Crippen molar-refractivity contribution in [3.05, 3.63) is 69.8 Å². The van der Waals surface area contributed by atoms with Crippen LogP contribution in [0.1, 0.15) is 55.3 Å². The van der Waals surface area contributed by atoms with Crippen molar-refractivity contribution in [2.75, 3.05) is 0 Å². The minimum atomic E-state index is -0.504. The lowest BCUT2D eigenvalue weighted by atomic mass is 9.81. The summed E-state index contributed by atoms with van der Waals surface area (Å²) in [5, 5.41) is 7.02. The topological polar surface area (TPSA) is 88.3 Å². The van der Waals surface area contributed by atoms with E-state index in [0.717, 1.165) is 45.1 Å². The number of benzene rings is 1. The van der Waals surface area contributed by atoms with Crippen molar-refractivity contribution >= 4 is 23.2 Å². The Bertz CT molecular complexity index is 1270. The number of hydrogen-bond acceptors (Lipinski definition) is 6. The zero-order valence-electron chi connectivity index (χ0n) is 19.8. The van der Waals surface area contributed by atoms with Crippen LogP contribution in [-0.4, -0.2) is 32.9 Å². The van der Waals surface area contributed by atoms with Gasteiger partial charge in [0.25, 0.3) is 0 Å². The van der Waals surface area contributed by atoms with Crippen LogP contribution in [0.15, 0.2) is 51.6 Å². The van der Waals surface area contributed by atoms with E-state index >= 15 is 0 Å². The number of fused-ring (bicyclic) bond motifs is 1. The normalized spacial score (nSPS) is 22.3. The minimum Gasteiger partial charge on any atom is -0.360 e. The fourth-order valence-corrected chi connectivity index (χ4v) is 5.88. The predicted octanol–water partition coefficient (Wildman–Crippen LogP) is 4.73. The van der Waals surface area contributed by atoms with Gasteiger partial charge in [-0.15, -0.1) is 11.3 Å². The summed E-state index contributed by atoms with van der Waals surface area (Å²) in [7, 11) is 0. The summed E-state index contributed by atoms with van der Waals surface area (Å²) < 4.78 is 5.46. The SMILES string of the molecule is CC1=C2CCC(C(=O)NCc3ccc(-c4scnc4C)cc3)N2C(=O)C(c2cc(C)no2)C1C. The number of nitrogens with zero attached hydrogens (tertiary/aromatic N) is 3. The molecule has 0 spiro atoms. The first kappa shape index (κ1) is 22.5. The smallest absolute Gasteiger partial charge is 0.243 e. The summed E-state index contributed by atoms with van der Waals surface area (Å²) in [6.07, 6.45) is 1.35. The van der Waals surface area contributed by atoms with Crippen molar-refractivity contribution in [2.45, 2.75) is 59.0 Å². The molecule has 4 heterocycles. The molecule has 0 radical (unpaired) electrons. The van der Waals surface area contributed by atoms with E-state index in [9.17, 15) is 9.59 Å². The number of aryl methyl sites for hydroxylation is 2. The van der Waals surface area contributed by atoms with Crippen molar-refractivity contribution in [1.82, 2.24) is 20.4 Å². The second-order valence-corrected chi connectivity index (χ2v) is 10.1. The summed E-state index contributed by atoms with van der Waals surface area (Å²) in [6, 6.07) is 9.47. The van der Waals surface area contributed by atoms with Gasteiger partial charge in [0.1, 0.15) is 17.7 Å². The van der Waals surface area contributed by atoms with E-state index in [2.05, 4.69) is 34.5 Å². The zero-order valence-corrected chi connectivity index (χ0v) is 20.6. The van der Waals surface area contributed by atoms with Crippen LogP contribution in [0.3, 0.4) is 0 Å². The molecule has 3 aromatic rings. The lowest BCUT2D eigenvalue weighted by Crippen LogP contribution is -2.49. The maximum Gasteiger partial charge on any atom is 0.243 e. The Morgan fingerprint density at radius 2 is 2.00 bits per heavy atom. The Morgan fingerprint density at radius 3 is 2.65 bits per heavy atom. The molecule has 3 atom stereocenters. The van der Waals surface area contributed by atoms with Gasteiger partial charge in [-0.05, 0) is 56.2 Å². The van der Waals surface area contributed by atoms with E-state index in [1.807, 2.05) is 44.5 Å². The molecule has 2 aliphatic heterocycles. The van der Waals surface area contributed by atoms with Crippen LogP contribution in [0.4, 0.5) is 0 Å². The number of aromatic nitrogens is 2. The van der Waals surface area contributed by atoms with Crippen LogP contribution in [-0.2, 0) is 16.1 Å². The van der Waals surface area contributed by atoms with E-state index in [-0.39, 0.29) is 17.7 Å². The molecular weight excluding hydrogens is 448 g/mol. The molecule has 176 valence electrons. The maximum atomic E-state index is 13.6. The molecule has 2 amide bonds. The highest BCUT2D eigenvalue weighted by Crippen LogP contribution is 2.44. The fraction of sp³-hybridized carbons (Fsp3) is 0.385. The number of thiazole rings is 1. The fourth-order valence-electron chi connectivity index (χ4n) is 5.07. The van der Waals surface area contributed by atoms with Crippen molar-refractivity contribution in [3.8, 4) is 10.4 Å². The maximum absolute atomic E-state index is 13.6. The summed E-state index contributed by atoms with van der Waals surface area (Å²) in [4.78, 5) is 33.9. The van der Waals surface area contributed by atoms with Gasteiger partial charge in [-0.2, -0.15) is 0 Å². The van der Waals surface area contributed by atoms with Crippen LogP contribution in [0.25, 0.3) is 10.4 Å². The molecule has 2 aliphatic rings. The lowest BCUT2D eigenvalue weighted by Gasteiger charge is -2.37. The Balaban J connectivity index is 1.30. The average Bonchev–Trinajstić information content (AvgIpc) is 3.56. The first-order valence-corrected chi connectivity index (χ1v) is 12.5. The van der Waals surface area contributed by atoms with Crippen molar-refractivity contribution in [3.63, 3.8) is 0 Å². The van der Waals surface area contributed by atoms with E-state index < -0.39 is 12.0 Å². The van der Waals surface area contributed by atoms with E-state index in [0.29, 0.717) is 18.7 Å². The van der Waals surface area contributed by atoms with E-state index in [1.165, 1.54) is 0 Å². The molecule has 0 bridgehead atoms. The van der Waals surface area contributed by atoms with Gasteiger partial charge < -0.3 is 14.7 Å². The molecule has 1 saturated heterocycles. The first-order chi connectivity index (χ1) is 16.3. The molecule has 2 aromatic heterocycles. The van der Waals surface area contributed by atoms with Crippen LogP contribution < -0.4 is 5.32 Å². The molecule has 3 unspecified atom stereocenters. The van der Waals surface area contributed by atoms with Gasteiger partial charge in [0.15, 0.2) is 0 Å². The van der Waals surface area contributed by atoms with Crippen LogP contribution in [0.5, 0.6) is 0 Å². The van der Waals surface area contributed by atoms with Gasteiger partial charge in [-0.1, -0.05) is 36.3 Å². The molecule has 8 heteroatoms. The molecule has 1 aromatic carbocycles. The Kier molecular flexibility index (Phi) is 5.85. The summed E-state index contributed by atoms with van der Waals surface area (Å²) in [5.74, 6) is -0.0859. The number of carbonyl (C=O) groups excluding carboxylic acids is 2. The molecule has 1 fully saturated rings. The lowest BCUT2D eigenvalue weighted by molar-refractivity contribution is -0.140. The quantitative estimate of drug-likeness (QED) is 0.575. The zero-order chi connectivity index (χ0) is 24.0. The summed E-state index contributed by atoms with van der Waals surface area (Å²) >= 11 is 1.62. The van der Waals surface area contributed by atoms with Gasteiger partial charge in [0, 0.05) is 18.3 Å². The van der Waals surface area contributed by atoms with Crippen molar-refractivity contribution in [1.29, 1.82) is 0 Å². The minimum absolute atomic E-state index is 0.00797.